The van der Waals surface area contributed by atoms with E-state index in [1.807, 2.05) is 0 Å². The van der Waals surface area contributed by atoms with Gasteiger partial charge in [0.2, 0.25) is 5.75 Å². The zero-order valence-corrected chi connectivity index (χ0v) is 16.0. The van der Waals surface area contributed by atoms with Gasteiger partial charge in [-0.3, -0.25) is 4.79 Å². The first kappa shape index (κ1) is 20.3. The topological polar surface area (TPSA) is 96.0 Å². The molecule has 2 aromatic rings. The molecule has 0 bridgehead atoms. The minimum Gasteiger partial charge on any atom is -0.493 e. The van der Waals surface area contributed by atoms with Crippen molar-refractivity contribution in [2.45, 2.75) is 13.0 Å². The number of esters is 1. The van der Waals surface area contributed by atoms with Gasteiger partial charge in [-0.2, -0.15) is 0 Å². The number of anilines is 1. The Morgan fingerprint density at radius 2 is 1.74 bits per heavy atom. The summed E-state index contributed by atoms with van der Waals surface area (Å²) in [6.45, 7) is 1.44. The van der Waals surface area contributed by atoms with Gasteiger partial charge in [-0.1, -0.05) is 11.6 Å². The number of ether oxygens (including phenoxy) is 4. The van der Waals surface area contributed by atoms with E-state index in [9.17, 15) is 9.59 Å². The van der Waals surface area contributed by atoms with Crippen LogP contribution < -0.4 is 19.5 Å². The molecular formula is C18H19ClN2O6. The lowest BCUT2D eigenvalue weighted by Gasteiger charge is -2.17. The van der Waals surface area contributed by atoms with Crippen molar-refractivity contribution in [3.63, 3.8) is 0 Å². The van der Waals surface area contributed by atoms with Crippen molar-refractivity contribution in [2.75, 3.05) is 26.6 Å². The van der Waals surface area contributed by atoms with E-state index in [1.165, 1.54) is 46.6 Å². The Labute approximate surface area is 161 Å². The maximum atomic E-state index is 12.5. The molecule has 0 aliphatic rings. The van der Waals surface area contributed by atoms with Crippen LogP contribution in [0.5, 0.6) is 17.2 Å². The molecule has 1 aromatic carbocycles. The second-order valence-electron chi connectivity index (χ2n) is 5.28. The highest BCUT2D eigenvalue weighted by Crippen LogP contribution is 2.40. The molecular weight excluding hydrogens is 376 g/mol. The van der Waals surface area contributed by atoms with Crippen LogP contribution in [0.25, 0.3) is 0 Å². The Balaban J connectivity index is 2.13. The summed E-state index contributed by atoms with van der Waals surface area (Å²) in [5, 5.41) is 2.97. The number of halogens is 1. The molecule has 0 saturated carbocycles. The zero-order chi connectivity index (χ0) is 20.0. The van der Waals surface area contributed by atoms with Gasteiger partial charge in [-0.25, -0.2) is 9.78 Å². The van der Waals surface area contributed by atoms with Crippen molar-refractivity contribution in [3.05, 3.63) is 41.0 Å². The van der Waals surface area contributed by atoms with Crippen molar-refractivity contribution in [1.29, 1.82) is 0 Å². The molecule has 9 heteroatoms. The van der Waals surface area contributed by atoms with Crippen LogP contribution in [0.15, 0.2) is 30.5 Å². The molecule has 0 spiro atoms. The summed E-state index contributed by atoms with van der Waals surface area (Å²) in [6.07, 6.45) is 0.315. The fourth-order valence-electron chi connectivity index (χ4n) is 2.22. The summed E-state index contributed by atoms with van der Waals surface area (Å²) in [7, 11) is 4.27. The second kappa shape index (κ2) is 9.09. The van der Waals surface area contributed by atoms with Crippen LogP contribution in [0.1, 0.15) is 17.3 Å². The predicted molar refractivity (Wildman–Crippen MR) is 98.9 cm³/mol. The molecule has 0 aliphatic heterocycles. The molecule has 144 valence electrons. The van der Waals surface area contributed by atoms with Crippen molar-refractivity contribution in [3.8, 4) is 17.2 Å². The van der Waals surface area contributed by atoms with Gasteiger partial charge in [0.15, 0.2) is 17.6 Å². The third-order valence-electron chi connectivity index (χ3n) is 3.56. The largest absolute Gasteiger partial charge is 0.493 e. The van der Waals surface area contributed by atoms with Crippen molar-refractivity contribution in [2.24, 2.45) is 0 Å². The van der Waals surface area contributed by atoms with Crippen molar-refractivity contribution in [1.82, 2.24) is 4.98 Å². The highest BCUT2D eigenvalue weighted by atomic mass is 35.5. The van der Waals surface area contributed by atoms with Gasteiger partial charge in [0, 0.05) is 6.20 Å². The minimum absolute atomic E-state index is 0.0967. The second-order valence-corrected chi connectivity index (χ2v) is 5.72. The summed E-state index contributed by atoms with van der Waals surface area (Å²) in [5.74, 6) is -0.218. The van der Waals surface area contributed by atoms with Gasteiger partial charge in [0.1, 0.15) is 11.4 Å². The number of rotatable bonds is 7. The third kappa shape index (κ3) is 4.79. The molecule has 27 heavy (non-hydrogen) atoms. The number of aromatic nitrogens is 1. The van der Waals surface area contributed by atoms with Crippen LogP contribution >= 0.6 is 11.6 Å². The van der Waals surface area contributed by atoms with E-state index in [0.717, 1.165) is 0 Å². The van der Waals surface area contributed by atoms with Gasteiger partial charge in [-0.05, 0) is 31.2 Å². The first-order valence-electron chi connectivity index (χ1n) is 7.83. The average Bonchev–Trinajstić information content (AvgIpc) is 2.67. The van der Waals surface area contributed by atoms with Crippen LogP contribution in [0, 0.1) is 0 Å². The Hall–Kier alpha value is -3.00. The number of carbonyl (C=O) groups is 2. The van der Waals surface area contributed by atoms with Gasteiger partial charge in [0.25, 0.3) is 5.91 Å². The summed E-state index contributed by atoms with van der Waals surface area (Å²) < 4.78 is 20.9. The predicted octanol–water partition coefficient (Wildman–Crippen LogP) is 2.94. The highest BCUT2D eigenvalue weighted by Gasteiger charge is 2.25. The van der Waals surface area contributed by atoms with Crippen molar-refractivity contribution < 1.29 is 28.5 Å². The molecule has 8 nitrogen and oxygen atoms in total. The Morgan fingerprint density at radius 1 is 1.04 bits per heavy atom. The van der Waals surface area contributed by atoms with Gasteiger partial charge >= 0.3 is 5.97 Å². The minimum atomic E-state index is -1.08. The Kier molecular flexibility index (Phi) is 6.84. The smallest absolute Gasteiger partial charge is 0.342 e. The highest BCUT2D eigenvalue weighted by molar-refractivity contribution is 6.30. The molecule has 0 unspecified atom stereocenters. The molecule has 1 atom stereocenters. The molecule has 0 radical (unpaired) electrons. The van der Waals surface area contributed by atoms with E-state index in [2.05, 4.69) is 10.3 Å². The molecule has 0 saturated heterocycles. The zero-order valence-electron chi connectivity index (χ0n) is 15.2. The molecule has 1 heterocycles. The van der Waals surface area contributed by atoms with E-state index < -0.39 is 18.0 Å². The van der Waals surface area contributed by atoms with Crippen LogP contribution in [-0.4, -0.2) is 44.3 Å². The normalized spacial score (nSPS) is 11.3. The lowest BCUT2D eigenvalue weighted by Crippen LogP contribution is -2.30. The summed E-state index contributed by atoms with van der Waals surface area (Å²) in [6, 6.07) is 6.12. The summed E-state index contributed by atoms with van der Waals surface area (Å²) >= 11 is 5.75. The van der Waals surface area contributed by atoms with Crippen LogP contribution in [0.3, 0.4) is 0 Å². The van der Waals surface area contributed by atoms with E-state index >= 15 is 0 Å². The summed E-state index contributed by atoms with van der Waals surface area (Å²) in [4.78, 5) is 28.6. The first-order valence-corrected chi connectivity index (χ1v) is 8.21. The number of hydrogen-bond donors (Lipinski definition) is 1. The van der Waals surface area contributed by atoms with Gasteiger partial charge < -0.3 is 24.3 Å². The molecule has 2 rings (SSSR count). The number of carbonyl (C=O) groups excluding carboxylic acids is 2. The maximum Gasteiger partial charge on any atom is 0.342 e. The average molecular weight is 395 g/mol. The number of pyridine rings is 1. The lowest BCUT2D eigenvalue weighted by molar-refractivity contribution is -0.123. The van der Waals surface area contributed by atoms with Crippen molar-refractivity contribution >= 4 is 29.3 Å². The third-order valence-corrected chi connectivity index (χ3v) is 3.78. The molecule has 0 fully saturated rings. The SMILES string of the molecule is COc1ccc(C(=O)O[C@@H](C)C(=O)Nc2ccc(Cl)cn2)c(OC)c1OC. The van der Waals surface area contributed by atoms with E-state index in [0.29, 0.717) is 10.8 Å². The Morgan fingerprint density at radius 3 is 2.30 bits per heavy atom. The first-order chi connectivity index (χ1) is 12.9. The fraction of sp³-hybridized carbons (Fsp3) is 0.278. The van der Waals surface area contributed by atoms with E-state index in [1.54, 1.807) is 12.1 Å². The number of nitrogens with zero attached hydrogens (tertiary/aromatic N) is 1. The number of benzene rings is 1. The van der Waals surface area contributed by atoms with Gasteiger partial charge in [-0.15, -0.1) is 0 Å². The summed E-state index contributed by atoms with van der Waals surface area (Å²) in [5.41, 5.74) is 0.0967. The quantitative estimate of drug-likeness (QED) is 0.721. The van der Waals surface area contributed by atoms with E-state index in [4.69, 9.17) is 30.5 Å². The standard InChI is InChI=1S/C18H19ClN2O6/c1-10(17(22)21-14-8-5-11(19)9-20-14)27-18(23)12-6-7-13(24-2)16(26-4)15(12)25-3/h5-10H,1-4H3,(H,20,21,22)/t10-/m0/s1. The fourth-order valence-corrected chi connectivity index (χ4v) is 2.33. The van der Waals surface area contributed by atoms with E-state index in [-0.39, 0.29) is 22.9 Å². The molecule has 0 aliphatic carbocycles. The number of nitrogens with one attached hydrogen (secondary N) is 1. The lowest BCUT2D eigenvalue weighted by atomic mass is 10.1. The molecule has 1 N–H and O–H groups in total. The Bertz CT molecular complexity index is 825. The number of methoxy groups -OCH3 is 3. The number of amides is 1. The monoisotopic (exact) mass is 394 g/mol. The van der Waals surface area contributed by atoms with Crippen LogP contribution in [-0.2, 0) is 9.53 Å². The molecule has 1 aromatic heterocycles. The maximum absolute atomic E-state index is 12.5. The molecule has 1 amide bonds. The van der Waals surface area contributed by atoms with Crippen LogP contribution in [0.4, 0.5) is 5.82 Å². The van der Waals surface area contributed by atoms with Gasteiger partial charge in [0.05, 0.1) is 26.4 Å². The van der Waals surface area contributed by atoms with Crippen LogP contribution in [0.2, 0.25) is 5.02 Å². The number of hydrogen-bond acceptors (Lipinski definition) is 7.